The molecule has 1 aromatic carbocycles. The fourth-order valence-corrected chi connectivity index (χ4v) is 2.05. The summed E-state index contributed by atoms with van der Waals surface area (Å²) in [6.07, 6.45) is 0. The van der Waals surface area contributed by atoms with Gasteiger partial charge in [-0.05, 0) is 32.6 Å². The van der Waals surface area contributed by atoms with Gasteiger partial charge in [0.25, 0.3) is 0 Å². The summed E-state index contributed by atoms with van der Waals surface area (Å²) >= 11 is 1.79. The second-order valence-corrected chi connectivity index (χ2v) is 6.77. The smallest absolute Gasteiger partial charge is 0.165 e. The molecule has 0 aliphatic heterocycles. The minimum absolute atomic E-state index is 0.00164. The molecule has 0 saturated carbocycles. The first-order valence-corrected chi connectivity index (χ1v) is 7.82. The molecule has 108 valence electrons. The molecule has 0 saturated heterocycles. The van der Waals surface area contributed by atoms with Crippen molar-refractivity contribution >= 4 is 11.8 Å². The maximum Gasteiger partial charge on any atom is 0.165 e. The molecule has 1 aromatic rings. The van der Waals surface area contributed by atoms with E-state index in [-0.39, 0.29) is 11.4 Å². The number of ether oxygens (including phenoxy) is 1. The van der Waals surface area contributed by atoms with Crippen LogP contribution in [0.15, 0.2) is 18.2 Å². The normalized spacial score (nSPS) is 11.6. The number of thioether (sulfide) groups is 1. The second-order valence-electron chi connectivity index (χ2n) is 5.38. The minimum atomic E-state index is -0.283. The predicted octanol–water partition coefficient (Wildman–Crippen LogP) is 3.85. The lowest BCUT2D eigenvalue weighted by molar-refractivity contribution is 0.317. The van der Waals surface area contributed by atoms with Crippen LogP contribution < -0.4 is 10.1 Å². The lowest BCUT2D eigenvalue weighted by Gasteiger charge is -2.21. The first-order valence-electron chi connectivity index (χ1n) is 6.67. The highest BCUT2D eigenvalue weighted by Crippen LogP contribution is 2.23. The molecule has 0 aromatic heterocycles. The van der Waals surface area contributed by atoms with Crippen molar-refractivity contribution in [2.24, 2.45) is 0 Å². The van der Waals surface area contributed by atoms with E-state index in [4.69, 9.17) is 4.74 Å². The summed E-state index contributed by atoms with van der Waals surface area (Å²) < 4.78 is 19.4. The minimum Gasteiger partial charge on any atom is -0.489 e. The van der Waals surface area contributed by atoms with Gasteiger partial charge in [0, 0.05) is 23.4 Å². The van der Waals surface area contributed by atoms with Crippen LogP contribution in [0.25, 0.3) is 0 Å². The second kappa shape index (κ2) is 7.75. The summed E-state index contributed by atoms with van der Waals surface area (Å²) in [5.74, 6) is 2.04. The molecule has 0 atom stereocenters. The summed E-state index contributed by atoms with van der Waals surface area (Å²) in [6.45, 7) is 9.52. The van der Waals surface area contributed by atoms with E-state index in [9.17, 15) is 4.39 Å². The summed E-state index contributed by atoms with van der Waals surface area (Å²) in [5.41, 5.74) is 0.873. The van der Waals surface area contributed by atoms with Crippen LogP contribution >= 0.6 is 11.8 Å². The fraction of sp³-hybridized carbons (Fsp3) is 0.600. The first-order chi connectivity index (χ1) is 8.94. The van der Waals surface area contributed by atoms with Gasteiger partial charge in [-0.25, -0.2) is 4.39 Å². The van der Waals surface area contributed by atoms with E-state index >= 15 is 0 Å². The SMILES string of the molecule is CCSCCOc1c(F)cccc1CNC(C)(C)C. The third-order valence-electron chi connectivity index (χ3n) is 2.54. The van der Waals surface area contributed by atoms with Gasteiger partial charge in [0.1, 0.15) is 0 Å². The third-order valence-corrected chi connectivity index (χ3v) is 3.40. The van der Waals surface area contributed by atoms with E-state index in [1.165, 1.54) is 6.07 Å². The molecular weight excluding hydrogens is 261 g/mol. The quantitative estimate of drug-likeness (QED) is 0.769. The Bertz CT molecular complexity index is 390. The Morgan fingerprint density at radius 2 is 2.05 bits per heavy atom. The van der Waals surface area contributed by atoms with Gasteiger partial charge in [0.05, 0.1) is 6.61 Å². The van der Waals surface area contributed by atoms with Crippen LogP contribution in [0, 0.1) is 5.82 Å². The molecule has 2 nitrogen and oxygen atoms in total. The highest BCUT2D eigenvalue weighted by atomic mass is 32.2. The zero-order valence-corrected chi connectivity index (χ0v) is 13.1. The Kier molecular flexibility index (Phi) is 6.66. The number of rotatable bonds is 7. The van der Waals surface area contributed by atoms with Crippen molar-refractivity contribution in [3.05, 3.63) is 29.6 Å². The molecule has 0 radical (unpaired) electrons. The van der Waals surface area contributed by atoms with Crippen LogP contribution in [-0.2, 0) is 6.54 Å². The van der Waals surface area contributed by atoms with Crippen molar-refractivity contribution in [1.29, 1.82) is 0 Å². The van der Waals surface area contributed by atoms with Gasteiger partial charge in [-0.3, -0.25) is 0 Å². The summed E-state index contributed by atoms with van der Waals surface area (Å²) in [6, 6.07) is 5.08. The van der Waals surface area contributed by atoms with Gasteiger partial charge in [-0.15, -0.1) is 0 Å². The number of benzene rings is 1. The van der Waals surface area contributed by atoms with Gasteiger partial charge >= 0.3 is 0 Å². The van der Waals surface area contributed by atoms with Crippen LogP contribution in [0.4, 0.5) is 4.39 Å². The van der Waals surface area contributed by atoms with Crippen molar-refractivity contribution in [3.63, 3.8) is 0 Å². The third kappa shape index (κ3) is 6.30. The number of para-hydroxylation sites is 1. The van der Waals surface area contributed by atoms with Crippen molar-refractivity contribution in [1.82, 2.24) is 5.32 Å². The summed E-state index contributed by atoms with van der Waals surface area (Å²) in [4.78, 5) is 0. The average Bonchev–Trinajstić information content (AvgIpc) is 2.33. The Labute approximate surface area is 120 Å². The van der Waals surface area contributed by atoms with Crippen molar-refractivity contribution in [2.45, 2.75) is 39.8 Å². The van der Waals surface area contributed by atoms with Crippen LogP contribution in [0.1, 0.15) is 33.3 Å². The number of hydrogen-bond acceptors (Lipinski definition) is 3. The van der Waals surface area contributed by atoms with E-state index in [2.05, 4.69) is 33.0 Å². The van der Waals surface area contributed by atoms with Gasteiger partial charge < -0.3 is 10.1 Å². The molecule has 1 N–H and O–H groups in total. The van der Waals surface area contributed by atoms with Crippen molar-refractivity contribution in [2.75, 3.05) is 18.1 Å². The van der Waals surface area contributed by atoms with E-state index < -0.39 is 0 Å². The lowest BCUT2D eigenvalue weighted by Crippen LogP contribution is -2.35. The number of halogens is 1. The Morgan fingerprint density at radius 1 is 1.32 bits per heavy atom. The Morgan fingerprint density at radius 3 is 2.68 bits per heavy atom. The first kappa shape index (κ1) is 16.3. The van der Waals surface area contributed by atoms with Crippen molar-refractivity contribution < 1.29 is 9.13 Å². The molecule has 0 heterocycles. The van der Waals surface area contributed by atoms with Crippen molar-refractivity contribution in [3.8, 4) is 5.75 Å². The van der Waals surface area contributed by atoms with E-state index in [0.717, 1.165) is 17.1 Å². The van der Waals surface area contributed by atoms with Gasteiger partial charge in [0.15, 0.2) is 11.6 Å². The molecule has 4 heteroatoms. The maximum absolute atomic E-state index is 13.8. The fourth-order valence-electron chi connectivity index (χ4n) is 1.56. The van der Waals surface area contributed by atoms with Crippen LogP contribution in [0.5, 0.6) is 5.75 Å². The highest BCUT2D eigenvalue weighted by molar-refractivity contribution is 7.99. The predicted molar refractivity (Wildman–Crippen MR) is 81.5 cm³/mol. The standard InChI is InChI=1S/C15H24FNOS/c1-5-19-10-9-18-14-12(7-6-8-13(14)16)11-17-15(2,3)4/h6-8,17H,5,9-11H2,1-4H3. The van der Waals surface area contributed by atoms with Gasteiger partial charge in [-0.2, -0.15) is 11.8 Å². The molecule has 0 spiro atoms. The highest BCUT2D eigenvalue weighted by Gasteiger charge is 2.13. The molecule has 0 amide bonds. The lowest BCUT2D eigenvalue weighted by atomic mass is 10.1. The van der Waals surface area contributed by atoms with Gasteiger partial charge in [-0.1, -0.05) is 19.1 Å². The molecule has 0 aliphatic carbocycles. The topological polar surface area (TPSA) is 21.3 Å². The maximum atomic E-state index is 13.8. The number of nitrogens with one attached hydrogen (secondary N) is 1. The molecule has 0 unspecified atom stereocenters. The Hall–Kier alpha value is -0.740. The van der Waals surface area contributed by atoms with Crippen LogP contribution in [0.2, 0.25) is 0 Å². The Balaban J connectivity index is 2.66. The van der Waals surface area contributed by atoms with E-state index in [1.54, 1.807) is 17.8 Å². The molecule has 0 bridgehead atoms. The zero-order chi connectivity index (χ0) is 14.3. The average molecular weight is 285 g/mol. The largest absolute Gasteiger partial charge is 0.489 e. The van der Waals surface area contributed by atoms with Crippen LogP contribution in [0.3, 0.4) is 0 Å². The zero-order valence-electron chi connectivity index (χ0n) is 12.3. The molecular formula is C15H24FNOS. The monoisotopic (exact) mass is 285 g/mol. The molecule has 1 rings (SSSR count). The molecule has 0 aliphatic rings. The molecule has 19 heavy (non-hydrogen) atoms. The molecule has 0 fully saturated rings. The van der Waals surface area contributed by atoms with Gasteiger partial charge in [0.2, 0.25) is 0 Å². The van der Waals surface area contributed by atoms with E-state index in [1.807, 2.05) is 6.07 Å². The summed E-state index contributed by atoms with van der Waals surface area (Å²) in [5, 5.41) is 3.36. The number of hydrogen-bond donors (Lipinski definition) is 1. The van der Waals surface area contributed by atoms with E-state index in [0.29, 0.717) is 18.9 Å². The summed E-state index contributed by atoms with van der Waals surface area (Å²) in [7, 11) is 0. The van der Waals surface area contributed by atoms with Crippen LogP contribution in [-0.4, -0.2) is 23.7 Å².